The molecule has 0 fully saturated rings. The molecule has 2 aromatic carbocycles. The van der Waals surface area contributed by atoms with E-state index in [1.54, 1.807) is 24.3 Å². The van der Waals surface area contributed by atoms with Gasteiger partial charge in [-0.1, -0.05) is 23.7 Å². The molecule has 0 saturated heterocycles. The monoisotopic (exact) mass is 303 g/mol. The van der Waals surface area contributed by atoms with Gasteiger partial charge in [0.2, 0.25) is 11.2 Å². The minimum Gasteiger partial charge on any atom is -0.504 e. The van der Waals surface area contributed by atoms with E-state index in [-0.39, 0.29) is 10.9 Å². The third-order valence-corrected chi connectivity index (χ3v) is 3.47. The van der Waals surface area contributed by atoms with Gasteiger partial charge in [0.1, 0.15) is 0 Å². The molecule has 106 valence electrons. The van der Waals surface area contributed by atoms with Gasteiger partial charge in [-0.25, -0.2) is 0 Å². The number of hydrogen-bond acceptors (Lipinski definition) is 4. The van der Waals surface area contributed by atoms with Crippen molar-refractivity contribution in [2.45, 2.75) is 0 Å². The fraction of sp³-hybridized carbons (Fsp3) is 0. The molecule has 1 aromatic heterocycles. The summed E-state index contributed by atoms with van der Waals surface area (Å²) >= 11 is 5.91. The topological polar surface area (TPSA) is 93.6 Å². The quantitative estimate of drug-likeness (QED) is 0.520. The maximum Gasteiger partial charge on any atom is 0.201 e. The highest BCUT2D eigenvalue weighted by molar-refractivity contribution is 6.30. The Morgan fingerprint density at radius 1 is 1.05 bits per heavy atom. The second-order valence-electron chi connectivity index (χ2n) is 4.56. The van der Waals surface area contributed by atoms with Crippen LogP contribution < -0.4 is 5.43 Å². The van der Waals surface area contributed by atoms with Gasteiger partial charge in [0, 0.05) is 22.8 Å². The highest BCUT2D eigenvalue weighted by Gasteiger charge is 2.17. The average molecular weight is 304 g/mol. The normalized spacial score (nSPS) is 10.9. The van der Waals surface area contributed by atoms with Crippen LogP contribution in [0.25, 0.3) is 22.0 Å². The molecule has 5 nitrogen and oxygen atoms in total. The van der Waals surface area contributed by atoms with Crippen molar-refractivity contribution in [2.75, 3.05) is 0 Å². The van der Waals surface area contributed by atoms with Crippen LogP contribution in [-0.2, 0) is 0 Å². The number of aromatic hydroxyl groups is 3. The van der Waals surface area contributed by atoms with Crippen molar-refractivity contribution in [3.8, 4) is 28.4 Å². The lowest BCUT2D eigenvalue weighted by Gasteiger charge is -2.08. The van der Waals surface area contributed by atoms with Crippen molar-refractivity contribution in [3.05, 3.63) is 51.8 Å². The molecule has 0 aliphatic rings. The van der Waals surface area contributed by atoms with E-state index in [0.29, 0.717) is 16.1 Å². The number of rotatable bonds is 1. The third kappa shape index (κ3) is 2.08. The summed E-state index contributed by atoms with van der Waals surface area (Å²) in [6, 6.07) is 7.89. The summed E-state index contributed by atoms with van der Waals surface area (Å²) < 4.78 is 0. The molecule has 4 N–H and O–H groups in total. The van der Waals surface area contributed by atoms with Crippen LogP contribution in [0.4, 0.5) is 0 Å². The summed E-state index contributed by atoms with van der Waals surface area (Å²) in [4.78, 5) is 15.3. The maximum atomic E-state index is 12.5. The number of aromatic amines is 1. The van der Waals surface area contributed by atoms with Gasteiger partial charge < -0.3 is 20.3 Å². The predicted molar refractivity (Wildman–Crippen MR) is 80.0 cm³/mol. The van der Waals surface area contributed by atoms with Crippen LogP contribution in [0, 0.1) is 0 Å². The van der Waals surface area contributed by atoms with Gasteiger partial charge in [-0.3, -0.25) is 4.79 Å². The van der Waals surface area contributed by atoms with Gasteiger partial charge in [-0.15, -0.1) is 0 Å². The van der Waals surface area contributed by atoms with Crippen LogP contribution in [0.1, 0.15) is 0 Å². The van der Waals surface area contributed by atoms with Crippen molar-refractivity contribution in [2.24, 2.45) is 0 Å². The van der Waals surface area contributed by atoms with E-state index in [2.05, 4.69) is 4.98 Å². The third-order valence-electron chi connectivity index (χ3n) is 3.23. The SMILES string of the molecule is O=c1c(-c2cccc(Cl)c2)c[nH]c2cc(O)c(O)c(O)c12. The lowest BCUT2D eigenvalue weighted by Crippen LogP contribution is -2.06. The molecule has 1 heterocycles. The molecule has 3 aromatic rings. The first-order valence-electron chi connectivity index (χ1n) is 6.04. The maximum absolute atomic E-state index is 12.5. The number of hydrogen-bond donors (Lipinski definition) is 4. The Morgan fingerprint density at radius 3 is 2.52 bits per heavy atom. The van der Waals surface area contributed by atoms with Crippen molar-refractivity contribution < 1.29 is 15.3 Å². The van der Waals surface area contributed by atoms with Crippen molar-refractivity contribution in [1.29, 1.82) is 0 Å². The zero-order valence-electron chi connectivity index (χ0n) is 10.6. The first-order chi connectivity index (χ1) is 9.99. The van der Waals surface area contributed by atoms with Gasteiger partial charge in [0.25, 0.3) is 0 Å². The van der Waals surface area contributed by atoms with E-state index in [1.807, 2.05) is 0 Å². The number of phenols is 3. The Kier molecular flexibility index (Phi) is 2.99. The highest BCUT2D eigenvalue weighted by Crippen LogP contribution is 2.39. The Balaban J connectivity index is 2.38. The summed E-state index contributed by atoms with van der Waals surface area (Å²) in [5, 5.41) is 29.3. The Bertz CT molecular complexity index is 917. The zero-order valence-corrected chi connectivity index (χ0v) is 11.3. The van der Waals surface area contributed by atoms with Crippen molar-refractivity contribution >= 4 is 22.5 Å². The first kappa shape index (κ1) is 13.3. The predicted octanol–water partition coefficient (Wildman–Crippen LogP) is 2.97. The Labute approximate surface area is 123 Å². The number of phenolic OH excluding ortho intramolecular Hbond substituents is 3. The number of nitrogens with one attached hydrogen (secondary N) is 1. The molecular weight excluding hydrogens is 294 g/mol. The highest BCUT2D eigenvalue weighted by atomic mass is 35.5. The number of aromatic nitrogens is 1. The summed E-state index contributed by atoms with van der Waals surface area (Å²) in [5.74, 6) is -1.89. The van der Waals surface area contributed by atoms with Crippen LogP contribution in [-0.4, -0.2) is 20.3 Å². The lowest BCUT2D eigenvalue weighted by molar-refractivity contribution is 0.371. The van der Waals surface area contributed by atoms with Gasteiger partial charge >= 0.3 is 0 Å². The summed E-state index contributed by atoms with van der Waals surface area (Å²) in [6.45, 7) is 0. The Hall–Kier alpha value is -2.66. The number of H-pyrrole nitrogens is 1. The van der Waals surface area contributed by atoms with E-state index in [4.69, 9.17) is 11.6 Å². The van der Waals surface area contributed by atoms with E-state index < -0.39 is 22.7 Å². The largest absolute Gasteiger partial charge is 0.504 e. The molecule has 0 spiro atoms. The molecule has 3 rings (SSSR count). The van der Waals surface area contributed by atoms with Crippen LogP contribution >= 0.6 is 11.6 Å². The van der Waals surface area contributed by atoms with Gasteiger partial charge in [0.05, 0.1) is 10.9 Å². The number of pyridine rings is 1. The molecule has 0 saturated carbocycles. The molecule has 0 atom stereocenters. The second-order valence-corrected chi connectivity index (χ2v) is 4.99. The fourth-order valence-corrected chi connectivity index (χ4v) is 2.40. The standard InChI is InChI=1S/C15H10ClNO4/c16-8-3-1-2-7(4-8)9-6-17-10-5-11(18)14(20)15(21)12(10)13(9)19/h1-6,18,20-21H,(H,17,19). The molecule has 0 radical (unpaired) electrons. The zero-order chi connectivity index (χ0) is 15.1. The van der Waals surface area contributed by atoms with Crippen LogP contribution in [0.5, 0.6) is 17.2 Å². The average Bonchev–Trinajstić information content (AvgIpc) is 2.45. The minimum absolute atomic E-state index is 0.0947. The number of fused-ring (bicyclic) bond motifs is 1. The summed E-state index contributed by atoms with van der Waals surface area (Å²) in [7, 11) is 0. The lowest BCUT2D eigenvalue weighted by atomic mass is 10.0. The van der Waals surface area contributed by atoms with Crippen molar-refractivity contribution in [3.63, 3.8) is 0 Å². The molecule has 6 heteroatoms. The van der Waals surface area contributed by atoms with E-state index in [9.17, 15) is 20.1 Å². The van der Waals surface area contributed by atoms with Gasteiger partial charge in [-0.2, -0.15) is 0 Å². The van der Waals surface area contributed by atoms with E-state index in [0.717, 1.165) is 0 Å². The van der Waals surface area contributed by atoms with Crippen LogP contribution in [0.2, 0.25) is 5.02 Å². The molecular formula is C15H10ClNO4. The second kappa shape index (κ2) is 4.71. The van der Waals surface area contributed by atoms with Gasteiger partial charge in [0.15, 0.2) is 11.5 Å². The Morgan fingerprint density at radius 2 is 1.81 bits per heavy atom. The van der Waals surface area contributed by atoms with E-state index >= 15 is 0 Å². The summed E-state index contributed by atoms with van der Waals surface area (Å²) in [5.41, 5.74) is 0.625. The molecule has 0 bridgehead atoms. The number of halogens is 1. The van der Waals surface area contributed by atoms with Gasteiger partial charge in [-0.05, 0) is 17.7 Å². The summed E-state index contributed by atoms with van der Waals surface area (Å²) in [6.07, 6.45) is 1.46. The molecule has 0 aliphatic carbocycles. The van der Waals surface area contributed by atoms with Crippen LogP contribution in [0.3, 0.4) is 0 Å². The molecule has 0 aliphatic heterocycles. The van der Waals surface area contributed by atoms with E-state index in [1.165, 1.54) is 12.3 Å². The number of benzene rings is 2. The van der Waals surface area contributed by atoms with Crippen LogP contribution in [0.15, 0.2) is 41.3 Å². The van der Waals surface area contributed by atoms with Crippen molar-refractivity contribution in [1.82, 2.24) is 4.98 Å². The molecule has 21 heavy (non-hydrogen) atoms. The molecule has 0 unspecified atom stereocenters. The minimum atomic E-state index is -0.726. The molecule has 0 amide bonds. The smallest absolute Gasteiger partial charge is 0.201 e. The first-order valence-corrected chi connectivity index (χ1v) is 6.42. The fourth-order valence-electron chi connectivity index (χ4n) is 2.21.